The van der Waals surface area contributed by atoms with Gasteiger partial charge in [-0.05, 0) is 18.8 Å². The van der Waals surface area contributed by atoms with Crippen molar-refractivity contribution in [2.24, 2.45) is 5.92 Å². The van der Waals surface area contributed by atoms with Crippen LogP contribution in [0.4, 0.5) is 0 Å². The van der Waals surface area contributed by atoms with Crippen LogP contribution in [-0.2, 0) is 26.2 Å². The van der Waals surface area contributed by atoms with Gasteiger partial charge in [0, 0.05) is 0 Å². The Bertz CT molecular complexity index is 181. The minimum atomic E-state index is 0. The first-order valence-electron chi connectivity index (χ1n) is 4.24. The molecule has 3 heteroatoms. The van der Waals surface area contributed by atoms with Crippen molar-refractivity contribution in [1.29, 1.82) is 0 Å². The Morgan fingerprint density at radius 3 is 2.23 bits per heavy atom. The maximum atomic E-state index is 3.40. The van der Waals surface area contributed by atoms with Crippen LogP contribution in [0.1, 0.15) is 32.1 Å². The minimum absolute atomic E-state index is 0. The average molecular weight is 295 g/mol. The molecule has 0 bridgehead atoms. The molecule has 0 aromatic heterocycles. The predicted molar refractivity (Wildman–Crippen MR) is 42.5 cm³/mol. The topological polar surface area (TPSA) is 0 Å². The Balaban J connectivity index is 0. The van der Waals surface area contributed by atoms with Gasteiger partial charge in [0.25, 0.3) is 0 Å². The van der Waals surface area contributed by atoms with Crippen molar-refractivity contribution in [3.8, 4) is 0 Å². The van der Waals surface area contributed by atoms with Crippen molar-refractivity contribution in [3.63, 3.8) is 0 Å². The van der Waals surface area contributed by atoms with Crippen LogP contribution in [0.15, 0.2) is 17.7 Å². The van der Waals surface area contributed by atoms with E-state index in [0.29, 0.717) is 0 Å². The molecule has 1 radical (unpaired) electrons. The van der Waals surface area contributed by atoms with Crippen molar-refractivity contribution in [1.82, 2.24) is 0 Å². The van der Waals surface area contributed by atoms with Gasteiger partial charge >= 0.3 is 26.2 Å². The molecule has 1 saturated carbocycles. The second-order valence-electron chi connectivity index (χ2n) is 3.22. The van der Waals surface area contributed by atoms with E-state index < -0.39 is 0 Å². The second-order valence-corrected chi connectivity index (χ2v) is 3.22. The van der Waals surface area contributed by atoms with Crippen LogP contribution in [0.2, 0.25) is 0 Å². The van der Waals surface area contributed by atoms with E-state index in [2.05, 4.69) is 18.2 Å². The predicted octanol–water partition coefficient (Wildman–Crippen LogP) is -3.13. The summed E-state index contributed by atoms with van der Waals surface area (Å²) in [5.41, 5.74) is 1.50. The second kappa shape index (κ2) is 8.27. The SMILES string of the molecule is [C-]1=C(C2CCCC2)C=CC1.[Cl-].[Cl-].[Zr+3]. The van der Waals surface area contributed by atoms with E-state index in [4.69, 9.17) is 0 Å². The Hall–Kier alpha value is 0.943. The average Bonchev–Trinajstić information content (AvgIpc) is 2.59. The summed E-state index contributed by atoms with van der Waals surface area (Å²) in [6.45, 7) is 0. The molecule has 0 aromatic carbocycles. The van der Waals surface area contributed by atoms with E-state index in [0.717, 1.165) is 12.3 Å². The Morgan fingerprint density at radius 2 is 1.77 bits per heavy atom. The van der Waals surface area contributed by atoms with Crippen molar-refractivity contribution in [2.75, 3.05) is 0 Å². The molecule has 2 rings (SSSR count). The van der Waals surface area contributed by atoms with Crippen molar-refractivity contribution >= 4 is 0 Å². The molecule has 0 spiro atoms. The fourth-order valence-electron chi connectivity index (χ4n) is 1.94. The maximum absolute atomic E-state index is 3.40. The Labute approximate surface area is 112 Å². The minimum Gasteiger partial charge on any atom is -1.00 e. The van der Waals surface area contributed by atoms with Gasteiger partial charge < -0.3 is 24.8 Å². The summed E-state index contributed by atoms with van der Waals surface area (Å²) in [5.74, 6) is 0.874. The quantitative estimate of drug-likeness (QED) is 0.449. The first-order valence-corrected chi connectivity index (χ1v) is 4.24. The van der Waals surface area contributed by atoms with Crippen molar-refractivity contribution in [2.45, 2.75) is 32.1 Å². The molecular formula is C10H13Cl2Zr. The first kappa shape index (κ1) is 16.4. The van der Waals surface area contributed by atoms with Gasteiger partial charge in [0.15, 0.2) is 0 Å². The first-order chi connectivity index (χ1) is 4.97. The van der Waals surface area contributed by atoms with Crippen molar-refractivity contribution in [3.05, 3.63) is 23.8 Å². The van der Waals surface area contributed by atoms with E-state index in [1.54, 1.807) is 0 Å². The zero-order valence-electron chi connectivity index (χ0n) is 7.52. The molecule has 0 unspecified atom stereocenters. The summed E-state index contributed by atoms with van der Waals surface area (Å²) in [6, 6.07) is 0. The molecule has 0 aromatic rings. The summed E-state index contributed by atoms with van der Waals surface area (Å²) < 4.78 is 0. The summed E-state index contributed by atoms with van der Waals surface area (Å²) in [4.78, 5) is 0. The maximum Gasteiger partial charge on any atom is 3.00 e. The Kier molecular flexibility index (Phi) is 10.4. The summed E-state index contributed by atoms with van der Waals surface area (Å²) >= 11 is 0. The van der Waals surface area contributed by atoms with E-state index >= 15 is 0 Å². The van der Waals surface area contributed by atoms with Crippen LogP contribution in [0.25, 0.3) is 0 Å². The number of allylic oxidation sites excluding steroid dienone is 4. The van der Waals surface area contributed by atoms with Gasteiger partial charge in [-0.3, -0.25) is 6.08 Å². The normalized spacial score (nSPS) is 19.8. The van der Waals surface area contributed by atoms with Crippen molar-refractivity contribution < 1.29 is 51.0 Å². The molecule has 0 heterocycles. The standard InChI is InChI=1S/C10H13.2ClH.Zr/c1-2-6-9(5-1)10-7-3-4-8-10;;;/h1,5,10H,2-4,7-8H2;2*1H;/q-1;;;+3/p-2. The molecule has 0 saturated heterocycles. The van der Waals surface area contributed by atoms with Crippen LogP contribution < -0.4 is 24.8 Å². The van der Waals surface area contributed by atoms with Crippen LogP contribution in [0.3, 0.4) is 0 Å². The molecule has 1 fully saturated rings. The summed E-state index contributed by atoms with van der Waals surface area (Å²) in [5, 5.41) is 0. The monoisotopic (exact) mass is 293 g/mol. The fourth-order valence-corrected chi connectivity index (χ4v) is 1.94. The third kappa shape index (κ3) is 4.32. The van der Waals surface area contributed by atoms with Crippen LogP contribution in [-0.4, -0.2) is 0 Å². The number of halogens is 2. The van der Waals surface area contributed by atoms with Gasteiger partial charge in [-0.25, -0.2) is 11.6 Å². The third-order valence-electron chi connectivity index (χ3n) is 2.52. The zero-order chi connectivity index (χ0) is 6.81. The molecule has 2 aliphatic rings. The number of rotatable bonds is 1. The molecule has 0 N–H and O–H groups in total. The Morgan fingerprint density at radius 1 is 1.15 bits per heavy atom. The number of hydrogen-bond donors (Lipinski definition) is 0. The summed E-state index contributed by atoms with van der Waals surface area (Å²) in [7, 11) is 0. The third-order valence-corrected chi connectivity index (χ3v) is 2.52. The van der Waals surface area contributed by atoms with Gasteiger partial charge in [-0.1, -0.05) is 12.8 Å². The molecule has 0 aliphatic heterocycles. The van der Waals surface area contributed by atoms with Gasteiger partial charge in [0.05, 0.1) is 0 Å². The van der Waals surface area contributed by atoms with Gasteiger partial charge in [0.2, 0.25) is 0 Å². The largest absolute Gasteiger partial charge is 3.00 e. The van der Waals surface area contributed by atoms with Crippen LogP contribution in [0.5, 0.6) is 0 Å². The van der Waals surface area contributed by atoms with E-state index in [-0.39, 0.29) is 51.0 Å². The summed E-state index contributed by atoms with van der Waals surface area (Å²) in [6.07, 6.45) is 14.6. The molecule has 0 nitrogen and oxygen atoms in total. The van der Waals surface area contributed by atoms with Gasteiger partial charge in [-0.15, -0.1) is 6.42 Å². The number of hydrogen-bond acceptors (Lipinski definition) is 0. The van der Waals surface area contributed by atoms with E-state index in [1.807, 2.05) is 0 Å². The molecule has 71 valence electrons. The van der Waals surface area contributed by atoms with E-state index in [9.17, 15) is 0 Å². The van der Waals surface area contributed by atoms with E-state index in [1.165, 1.54) is 31.3 Å². The van der Waals surface area contributed by atoms with Crippen LogP contribution >= 0.6 is 0 Å². The molecule has 0 amide bonds. The zero-order valence-corrected chi connectivity index (χ0v) is 11.5. The molecule has 13 heavy (non-hydrogen) atoms. The van der Waals surface area contributed by atoms with Crippen LogP contribution in [0, 0.1) is 12.0 Å². The van der Waals surface area contributed by atoms with Gasteiger partial charge in [-0.2, -0.15) is 6.08 Å². The smallest absolute Gasteiger partial charge is 1.00 e. The molecule has 0 atom stereocenters. The fraction of sp³-hybridized carbons (Fsp3) is 0.600. The van der Waals surface area contributed by atoms with Gasteiger partial charge in [0.1, 0.15) is 0 Å². The molecule has 2 aliphatic carbocycles. The molecular weight excluding hydrogens is 282 g/mol.